The molecular formula is C18H22BrNO3. The van der Waals surface area contributed by atoms with Gasteiger partial charge in [-0.15, -0.1) is 0 Å². The third kappa shape index (κ3) is 4.14. The number of benzene rings is 1. The molecule has 3 rings (SSSR count). The van der Waals surface area contributed by atoms with Crippen molar-refractivity contribution in [2.45, 2.75) is 39.0 Å². The van der Waals surface area contributed by atoms with E-state index >= 15 is 0 Å². The van der Waals surface area contributed by atoms with Crippen molar-refractivity contribution in [1.29, 1.82) is 0 Å². The van der Waals surface area contributed by atoms with Crippen molar-refractivity contribution in [2.75, 3.05) is 11.9 Å². The van der Waals surface area contributed by atoms with E-state index in [1.165, 1.54) is 19.3 Å². The maximum Gasteiger partial charge on any atom is 0.306 e. The minimum absolute atomic E-state index is 0.214. The van der Waals surface area contributed by atoms with Gasteiger partial charge in [0.05, 0.1) is 0 Å². The molecule has 4 nitrogen and oxygen atoms in total. The molecule has 0 spiro atoms. The summed E-state index contributed by atoms with van der Waals surface area (Å²) in [4.78, 5) is 23.8. The summed E-state index contributed by atoms with van der Waals surface area (Å²) in [6.45, 7) is 1.74. The summed E-state index contributed by atoms with van der Waals surface area (Å²) in [5.74, 6) is 1.45. The van der Waals surface area contributed by atoms with E-state index in [0.717, 1.165) is 22.4 Å². The molecular weight excluding hydrogens is 358 g/mol. The number of fused-ring (bicyclic) bond motifs is 2. The molecule has 1 aromatic carbocycles. The van der Waals surface area contributed by atoms with E-state index in [1.54, 1.807) is 0 Å². The second-order valence-corrected chi connectivity index (χ2v) is 7.67. The van der Waals surface area contributed by atoms with Gasteiger partial charge in [0, 0.05) is 16.6 Å². The maximum atomic E-state index is 11.9. The van der Waals surface area contributed by atoms with Crippen LogP contribution in [0.15, 0.2) is 22.7 Å². The summed E-state index contributed by atoms with van der Waals surface area (Å²) in [6.07, 6.45) is 5.48. The summed E-state index contributed by atoms with van der Waals surface area (Å²) in [5.41, 5.74) is 1.75. The third-order valence-corrected chi connectivity index (χ3v) is 6.01. The van der Waals surface area contributed by atoms with Gasteiger partial charge in [-0.1, -0.05) is 22.4 Å². The SMILES string of the molecule is Cc1cc(NC(=O)COC(=O)C[C@@H]2C[C@H]3CC[C@@H]2C3)ccc1Br. The van der Waals surface area contributed by atoms with Gasteiger partial charge in [-0.05, 0) is 67.7 Å². The van der Waals surface area contributed by atoms with Crippen LogP contribution in [0.1, 0.15) is 37.7 Å². The number of rotatable bonds is 5. The highest BCUT2D eigenvalue weighted by atomic mass is 79.9. The van der Waals surface area contributed by atoms with Gasteiger partial charge in [0.15, 0.2) is 6.61 Å². The molecule has 0 saturated heterocycles. The van der Waals surface area contributed by atoms with E-state index in [1.807, 2.05) is 25.1 Å². The van der Waals surface area contributed by atoms with E-state index in [4.69, 9.17) is 4.74 Å². The zero-order chi connectivity index (χ0) is 16.4. The monoisotopic (exact) mass is 379 g/mol. The predicted octanol–water partition coefficient (Wildman–Crippen LogP) is 4.07. The lowest BCUT2D eigenvalue weighted by Gasteiger charge is -2.20. The van der Waals surface area contributed by atoms with Crippen LogP contribution < -0.4 is 5.32 Å². The summed E-state index contributed by atoms with van der Waals surface area (Å²) in [7, 11) is 0. The van der Waals surface area contributed by atoms with Crippen LogP contribution in [0.5, 0.6) is 0 Å². The Morgan fingerprint density at radius 3 is 2.78 bits per heavy atom. The summed E-state index contributed by atoms with van der Waals surface area (Å²) >= 11 is 3.42. The molecule has 2 aliphatic carbocycles. The molecule has 3 atom stereocenters. The van der Waals surface area contributed by atoms with E-state index in [9.17, 15) is 9.59 Å². The fourth-order valence-corrected chi connectivity index (χ4v) is 4.21. The van der Waals surface area contributed by atoms with Crippen LogP contribution in [-0.4, -0.2) is 18.5 Å². The number of hydrogen-bond acceptors (Lipinski definition) is 3. The Balaban J connectivity index is 1.41. The first-order valence-electron chi connectivity index (χ1n) is 8.23. The molecule has 124 valence electrons. The van der Waals surface area contributed by atoms with Gasteiger partial charge in [0.1, 0.15) is 0 Å². The standard InChI is InChI=1S/C18H22BrNO3/c1-11-6-15(4-5-16(11)19)20-17(21)10-23-18(22)9-14-8-12-2-3-13(14)7-12/h4-6,12-14H,2-3,7-10H2,1H3,(H,20,21)/t12-,13+,14-/m0/s1. The lowest BCUT2D eigenvalue weighted by Crippen LogP contribution is -2.23. The molecule has 2 bridgehead atoms. The van der Waals surface area contributed by atoms with Crippen molar-refractivity contribution in [3.8, 4) is 0 Å². The van der Waals surface area contributed by atoms with Crippen LogP contribution >= 0.6 is 15.9 Å². The Kier molecular flexibility index (Phi) is 5.05. The highest BCUT2D eigenvalue weighted by Crippen LogP contribution is 2.49. The number of amides is 1. The van der Waals surface area contributed by atoms with E-state index in [2.05, 4.69) is 21.2 Å². The summed E-state index contributed by atoms with van der Waals surface area (Å²) in [5, 5.41) is 2.75. The van der Waals surface area contributed by atoms with Crippen LogP contribution in [0.3, 0.4) is 0 Å². The maximum absolute atomic E-state index is 11.9. The van der Waals surface area contributed by atoms with Crippen molar-refractivity contribution in [3.63, 3.8) is 0 Å². The molecule has 2 fully saturated rings. The van der Waals surface area contributed by atoms with Crippen molar-refractivity contribution in [3.05, 3.63) is 28.2 Å². The van der Waals surface area contributed by atoms with E-state index in [0.29, 0.717) is 23.9 Å². The molecule has 0 heterocycles. The number of nitrogens with one attached hydrogen (secondary N) is 1. The zero-order valence-electron chi connectivity index (χ0n) is 13.3. The smallest absolute Gasteiger partial charge is 0.306 e. The number of carbonyl (C=O) groups is 2. The first-order valence-corrected chi connectivity index (χ1v) is 9.02. The Labute approximate surface area is 145 Å². The molecule has 0 radical (unpaired) electrons. The van der Waals surface area contributed by atoms with E-state index < -0.39 is 0 Å². The predicted molar refractivity (Wildman–Crippen MR) is 92.0 cm³/mol. The Morgan fingerprint density at radius 1 is 1.30 bits per heavy atom. The highest BCUT2D eigenvalue weighted by Gasteiger charge is 2.40. The molecule has 1 aromatic rings. The normalized spacial score (nSPS) is 25.4. The van der Waals surface area contributed by atoms with Crippen LogP contribution in [0, 0.1) is 24.7 Å². The number of anilines is 1. The topological polar surface area (TPSA) is 55.4 Å². The molecule has 0 aromatic heterocycles. The first-order chi connectivity index (χ1) is 11.0. The van der Waals surface area contributed by atoms with Gasteiger partial charge in [0.25, 0.3) is 5.91 Å². The molecule has 2 aliphatic rings. The van der Waals surface area contributed by atoms with Gasteiger partial charge < -0.3 is 10.1 Å². The van der Waals surface area contributed by atoms with Crippen molar-refractivity contribution in [1.82, 2.24) is 0 Å². The second-order valence-electron chi connectivity index (χ2n) is 6.81. The lowest BCUT2D eigenvalue weighted by atomic mass is 9.86. The van der Waals surface area contributed by atoms with E-state index in [-0.39, 0.29) is 18.5 Å². The largest absolute Gasteiger partial charge is 0.456 e. The lowest BCUT2D eigenvalue weighted by molar-refractivity contribution is -0.148. The zero-order valence-corrected chi connectivity index (χ0v) is 14.9. The molecule has 0 aliphatic heterocycles. The molecule has 23 heavy (non-hydrogen) atoms. The number of ether oxygens (including phenoxy) is 1. The Bertz CT molecular complexity index is 616. The summed E-state index contributed by atoms with van der Waals surface area (Å²) < 4.78 is 6.13. The third-order valence-electron chi connectivity index (χ3n) is 5.12. The second kappa shape index (κ2) is 7.04. The number of esters is 1. The fourth-order valence-electron chi connectivity index (χ4n) is 3.97. The number of aryl methyl sites for hydroxylation is 1. The van der Waals surface area contributed by atoms with Gasteiger partial charge in [0.2, 0.25) is 0 Å². The minimum Gasteiger partial charge on any atom is -0.456 e. The van der Waals surface area contributed by atoms with Crippen molar-refractivity contribution in [2.24, 2.45) is 17.8 Å². The average molecular weight is 380 g/mol. The van der Waals surface area contributed by atoms with Crippen LogP contribution in [0.2, 0.25) is 0 Å². The first kappa shape index (κ1) is 16.5. The number of carbonyl (C=O) groups excluding carboxylic acids is 2. The molecule has 1 amide bonds. The molecule has 5 heteroatoms. The summed E-state index contributed by atoms with van der Waals surface area (Å²) in [6, 6.07) is 5.57. The van der Waals surface area contributed by atoms with Crippen molar-refractivity contribution < 1.29 is 14.3 Å². The van der Waals surface area contributed by atoms with Gasteiger partial charge >= 0.3 is 5.97 Å². The highest BCUT2D eigenvalue weighted by molar-refractivity contribution is 9.10. The van der Waals surface area contributed by atoms with Gasteiger partial charge in [-0.2, -0.15) is 0 Å². The van der Waals surface area contributed by atoms with Gasteiger partial charge in [-0.3, -0.25) is 9.59 Å². The van der Waals surface area contributed by atoms with Crippen LogP contribution in [0.4, 0.5) is 5.69 Å². The number of halogens is 1. The quantitative estimate of drug-likeness (QED) is 0.784. The minimum atomic E-state index is -0.298. The number of hydrogen-bond donors (Lipinski definition) is 1. The molecule has 0 unspecified atom stereocenters. The average Bonchev–Trinajstić information content (AvgIpc) is 3.12. The Hall–Kier alpha value is -1.36. The van der Waals surface area contributed by atoms with Crippen molar-refractivity contribution >= 4 is 33.5 Å². The molecule has 1 N–H and O–H groups in total. The van der Waals surface area contributed by atoms with Gasteiger partial charge in [-0.25, -0.2) is 0 Å². The Morgan fingerprint density at radius 2 is 2.13 bits per heavy atom. The fraction of sp³-hybridized carbons (Fsp3) is 0.556. The van der Waals surface area contributed by atoms with Crippen LogP contribution in [-0.2, 0) is 14.3 Å². The van der Waals surface area contributed by atoms with Crippen LogP contribution in [0.25, 0.3) is 0 Å². The molecule has 2 saturated carbocycles.